The second kappa shape index (κ2) is 8.31. The molecule has 6 heteroatoms. The van der Waals surface area contributed by atoms with Crippen LogP contribution in [0.2, 0.25) is 0 Å². The zero-order chi connectivity index (χ0) is 17.5. The number of nitrogens with one attached hydrogen (secondary N) is 2. The minimum absolute atomic E-state index is 0.0944. The lowest BCUT2D eigenvalue weighted by molar-refractivity contribution is 0.170. The normalized spacial score (nSPS) is 11.7. The van der Waals surface area contributed by atoms with Crippen LogP contribution in [0, 0.1) is 12.7 Å². The molecule has 2 amide bonds. The number of aryl methyl sites for hydroxylation is 1. The van der Waals surface area contributed by atoms with Gasteiger partial charge < -0.3 is 20.5 Å². The molecule has 0 heterocycles. The summed E-state index contributed by atoms with van der Waals surface area (Å²) in [4.78, 5) is 11.9. The van der Waals surface area contributed by atoms with Crippen LogP contribution >= 0.6 is 0 Å². The van der Waals surface area contributed by atoms with Crippen molar-refractivity contribution in [1.82, 2.24) is 5.32 Å². The van der Waals surface area contributed by atoms with Crippen LogP contribution < -0.4 is 15.4 Å². The fourth-order valence-corrected chi connectivity index (χ4v) is 2.24. The Kier molecular flexibility index (Phi) is 6.14. The summed E-state index contributed by atoms with van der Waals surface area (Å²) in [6.45, 7) is 4.23. The summed E-state index contributed by atoms with van der Waals surface area (Å²) < 4.78 is 19.0. The molecule has 2 aromatic rings. The summed E-state index contributed by atoms with van der Waals surface area (Å²) in [6.07, 6.45) is -1.11. The van der Waals surface area contributed by atoms with Gasteiger partial charge in [-0.25, -0.2) is 9.18 Å². The molecule has 1 atom stereocenters. The van der Waals surface area contributed by atoms with Gasteiger partial charge in [-0.3, -0.25) is 0 Å². The Morgan fingerprint density at radius 2 is 2.04 bits per heavy atom. The standard InChI is InChI=1S/C18H21FN2O3/c1-3-24-13-8-9-16(12(2)10-13)21-18(23)20-11-17(22)14-6-4-5-7-15(14)19/h4-10,17,22H,3,11H2,1-2H3,(H2,20,21,23). The highest BCUT2D eigenvalue weighted by Crippen LogP contribution is 2.21. The van der Waals surface area contributed by atoms with Crippen molar-refractivity contribution >= 4 is 11.7 Å². The lowest BCUT2D eigenvalue weighted by Gasteiger charge is -2.15. The van der Waals surface area contributed by atoms with E-state index in [1.807, 2.05) is 19.9 Å². The van der Waals surface area contributed by atoms with Gasteiger partial charge in [-0.1, -0.05) is 18.2 Å². The third-order valence-corrected chi connectivity index (χ3v) is 3.48. The van der Waals surface area contributed by atoms with Crippen molar-refractivity contribution in [2.45, 2.75) is 20.0 Å². The number of amides is 2. The lowest BCUT2D eigenvalue weighted by Crippen LogP contribution is -2.32. The van der Waals surface area contributed by atoms with Gasteiger partial charge in [0.25, 0.3) is 0 Å². The van der Waals surface area contributed by atoms with Crippen LogP contribution in [0.4, 0.5) is 14.9 Å². The summed E-state index contributed by atoms with van der Waals surface area (Å²) in [7, 11) is 0. The van der Waals surface area contributed by atoms with E-state index < -0.39 is 18.0 Å². The Labute approximate surface area is 140 Å². The number of hydrogen-bond acceptors (Lipinski definition) is 3. The second-order valence-electron chi connectivity index (χ2n) is 5.28. The highest BCUT2D eigenvalue weighted by Gasteiger charge is 2.13. The van der Waals surface area contributed by atoms with Gasteiger partial charge in [0.15, 0.2) is 0 Å². The van der Waals surface area contributed by atoms with Crippen molar-refractivity contribution in [3.8, 4) is 5.75 Å². The highest BCUT2D eigenvalue weighted by molar-refractivity contribution is 5.90. The molecule has 0 aliphatic carbocycles. The maximum absolute atomic E-state index is 13.6. The zero-order valence-corrected chi connectivity index (χ0v) is 13.7. The van der Waals surface area contributed by atoms with Crippen LogP contribution in [0.5, 0.6) is 5.75 Å². The van der Waals surface area contributed by atoms with Crippen molar-refractivity contribution in [3.05, 3.63) is 59.4 Å². The summed E-state index contributed by atoms with van der Waals surface area (Å²) in [5.41, 5.74) is 1.64. The molecule has 0 saturated heterocycles. The topological polar surface area (TPSA) is 70.6 Å². The fraction of sp³-hybridized carbons (Fsp3) is 0.278. The first-order valence-electron chi connectivity index (χ1n) is 7.72. The van der Waals surface area contributed by atoms with E-state index in [1.54, 1.807) is 24.3 Å². The first kappa shape index (κ1) is 17.7. The molecule has 0 saturated carbocycles. The second-order valence-corrected chi connectivity index (χ2v) is 5.28. The molecule has 2 aromatic carbocycles. The third kappa shape index (κ3) is 4.70. The predicted molar refractivity (Wildman–Crippen MR) is 90.7 cm³/mol. The Morgan fingerprint density at radius 1 is 1.29 bits per heavy atom. The molecule has 0 spiro atoms. The smallest absolute Gasteiger partial charge is 0.319 e. The summed E-state index contributed by atoms with van der Waals surface area (Å²) >= 11 is 0. The Bertz CT molecular complexity index is 706. The number of urea groups is 1. The summed E-state index contributed by atoms with van der Waals surface area (Å²) in [5.74, 6) is 0.227. The van der Waals surface area contributed by atoms with Gasteiger partial charge in [-0.2, -0.15) is 0 Å². The predicted octanol–water partition coefficient (Wildman–Crippen LogP) is 3.39. The highest BCUT2D eigenvalue weighted by atomic mass is 19.1. The number of aliphatic hydroxyl groups is 1. The van der Waals surface area contributed by atoms with Gasteiger partial charge in [0.1, 0.15) is 11.6 Å². The average Bonchev–Trinajstić information content (AvgIpc) is 2.56. The van der Waals surface area contributed by atoms with E-state index in [2.05, 4.69) is 10.6 Å². The summed E-state index contributed by atoms with van der Waals surface area (Å²) in [5, 5.41) is 15.2. The average molecular weight is 332 g/mol. The quantitative estimate of drug-likeness (QED) is 0.759. The zero-order valence-electron chi connectivity index (χ0n) is 13.7. The molecule has 128 valence electrons. The Balaban J connectivity index is 1.90. The van der Waals surface area contributed by atoms with Crippen molar-refractivity contribution in [3.63, 3.8) is 0 Å². The van der Waals surface area contributed by atoms with Crippen molar-refractivity contribution in [2.24, 2.45) is 0 Å². The molecule has 0 fully saturated rings. The molecule has 0 radical (unpaired) electrons. The van der Waals surface area contributed by atoms with Crippen LogP contribution in [0.25, 0.3) is 0 Å². The molecule has 5 nitrogen and oxygen atoms in total. The van der Waals surface area contributed by atoms with Crippen LogP contribution in [0.15, 0.2) is 42.5 Å². The van der Waals surface area contributed by atoms with Gasteiger partial charge in [0.05, 0.1) is 12.7 Å². The van der Waals surface area contributed by atoms with Gasteiger partial charge >= 0.3 is 6.03 Å². The molecule has 0 bridgehead atoms. The first-order chi connectivity index (χ1) is 11.5. The van der Waals surface area contributed by atoms with E-state index in [0.717, 1.165) is 11.3 Å². The van der Waals surface area contributed by atoms with E-state index in [0.29, 0.717) is 12.3 Å². The van der Waals surface area contributed by atoms with E-state index >= 15 is 0 Å². The number of aliphatic hydroxyl groups excluding tert-OH is 1. The lowest BCUT2D eigenvalue weighted by atomic mass is 10.1. The number of hydrogen-bond donors (Lipinski definition) is 3. The van der Waals surface area contributed by atoms with E-state index in [9.17, 15) is 14.3 Å². The number of anilines is 1. The maximum atomic E-state index is 13.6. The third-order valence-electron chi connectivity index (χ3n) is 3.48. The van der Waals surface area contributed by atoms with Gasteiger partial charge in [0, 0.05) is 17.8 Å². The molecule has 24 heavy (non-hydrogen) atoms. The van der Waals surface area contributed by atoms with Gasteiger partial charge in [-0.05, 0) is 43.7 Å². The minimum Gasteiger partial charge on any atom is -0.494 e. The van der Waals surface area contributed by atoms with Crippen molar-refractivity contribution < 1.29 is 19.0 Å². The van der Waals surface area contributed by atoms with Crippen LogP contribution in [0.3, 0.4) is 0 Å². The molecule has 3 N–H and O–H groups in total. The number of benzene rings is 2. The summed E-state index contributed by atoms with van der Waals surface area (Å²) in [6, 6.07) is 10.8. The molecule has 1 unspecified atom stereocenters. The Morgan fingerprint density at radius 3 is 2.71 bits per heavy atom. The number of carbonyl (C=O) groups is 1. The monoisotopic (exact) mass is 332 g/mol. The molecule has 0 aliphatic heterocycles. The fourth-order valence-electron chi connectivity index (χ4n) is 2.24. The molecular formula is C18H21FN2O3. The van der Waals surface area contributed by atoms with Crippen LogP contribution in [-0.4, -0.2) is 24.3 Å². The van der Waals surface area contributed by atoms with Gasteiger partial charge in [-0.15, -0.1) is 0 Å². The van der Waals surface area contributed by atoms with E-state index in [-0.39, 0.29) is 12.1 Å². The van der Waals surface area contributed by atoms with Crippen molar-refractivity contribution in [2.75, 3.05) is 18.5 Å². The SMILES string of the molecule is CCOc1ccc(NC(=O)NCC(O)c2ccccc2F)c(C)c1. The molecule has 0 aliphatic rings. The largest absolute Gasteiger partial charge is 0.494 e. The van der Waals surface area contributed by atoms with E-state index in [1.165, 1.54) is 12.1 Å². The van der Waals surface area contributed by atoms with E-state index in [4.69, 9.17) is 4.74 Å². The maximum Gasteiger partial charge on any atom is 0.319 e. The van der Waals surface area contributed by atoms with Crippen LogP contribution in [0.1, 0.15) is 24.2 Å². The molecular weight excluding hydrogens is 311 g/mol. The van der Waals surface area contributed by atoms with Gasteiger partial charge in [0.2, 0.25) is 0 Å². The number of halogens is 1. The van der Waals surface area contributed by atoms with Crippen LogP contribution in [-0.2, 0) is 0 Å². The number of rotatable bonds is 6. The molecule has 0 aromatic heterocycles. The number of carbonyl (C=O) groups excluding carboxylic acids is 1. The Hall–Kier alpha value is -2.60. The minimum atomic E-state index is -1.11. The molecule has 2 rings (SSSR count). The first-order valence-corrected chi connectivity index (χ1v) is 7.72. The number of ether oxygens (including phenoxy) is 1. The van der Waals surface area contributed by atoms with Crippen molar-refractivity contribution in [1.29, 1.82) is 0 Å².